The highest BCUT2D eigenvalue weighted by molar-refractivity contribution is 5.94. The number of rotatable bonds is 5. The van der Waals surface area contributed by atoms with E-state index in [0.29, 0.717) is 5.56 Å². The van der Waals surface area contributed by atoms with Crippen molar-refractivity contribution in [2.45, 2.75) is 19.3 Å². The molecule has 2 aromatic rings. The van der Waals surface area contributed by atoms with E-state index in [4.69, 9.17) is 0 Å². The van der Waals surface area contributed by atoms with Gasteiger partial charge in [0.25, 0.3) is 5.91 Å². The van der Waals surface area contributed by atoms with Crippen LogP contribution < -0.4 is 10.1 Å². The summed E-state index contributed by atoms with van der Waals surface area (Å²) >= 11 is 0. The zero-order valence-corrected chi connectivity index (χ0v) is 12.1. The molecule has 1 N–H and O–H groups in total. The molecule has 0 atom stereocenters. The van der Waals surface area contributed by atoms with Crippen molar-refractivity contribution in [2.75, 3.05) is 0 Å². The average molecular weight is 345 g/mol. The Morgan fingerprint density at radius 2 is 1.75 bits per heavy atom. The molecule has 0 saturated carbocycles. The van der Waals surface area contributed by atoms with Crippen molar-refractivity contribution in [3.63, 3.8) is 0 Å². The van der Waals surface area contributed by atoms with Gasteiger partial charge in [-0.15, -0.1) is 0 Å². The number of hydrogen-bond acceptors (Lipinski definition) is 2. The van der Waals surface area contributed by atoms with Crippen LogP contribution in [0.2, 0.25) is 0 Å². The fraction of sp³-hybridized carbons (Fsp3) is 0.188. The number of carbonyl (C=O) groups excluding carboxylic acids is 1. The van der Waals surface area contributed by atoms with Gasteiger partial charge in [0.1, 0.15) is 5.75 Å². The first kappa shape index (κ1) is 17.7. The molecule has 0 aliphatic carbocycles. The molecule has 0 saturated heterocycles. The maximum Gasteiger partial charge on any atom is 0.416 e. The summed E-state index contributed by atoms with van der Waals surface area (Å²) in [5.74, 6) is -0.702. The Kier molecular flexibility index (Phi) is 5.38. The quantitative estimate of drug-likeness (QED) is 0.824. The summed E-state index contributed by atoms with van der Waals surface area (Å²) in [6, 6.07) is 9.58. The summed E-state index contributed by atoms with van der Waals surface area (Å²) in [7, 11) is 0. The Balaban J connectivity index is 1.98. The highest BCUT2D eigenvalue weighted by atomic mass is 19.4. The second-order valence-electron chi connectivity index (χ2n) is 4.78. The first-order chi connectivity index (χ1) is 11.3. The molecule has 0 spiro atoms. The first-order valence-corrected chi connectivity index (χ1v) is 6.75. The molecule has 24 heavy (non-hydrogen) atoms. The van der Waals surface area contributed by atoms with Crippen molar-refractivity contribution in [2.24, 2.45) is 0 Å². The third-order valence-corrected chi connectivity index (χ3v) is 3.05. The van der Waals surface area contributed by atoms with Gasteiger partial charge in [-0.2, -0.15) is 22.0 Å². The van der Waals surface area contributed by atoms with Crippen molar-refractivity contribution < 1.29 is 31.5 Å². The summed E-state index contributed by atoms with van der Waals surface area (Å²) in [5, 5.41) is 2.46. The molecule has 0 bridgehead atoms. The highest BCUT2D eigenvalue weighted by Crippen LogP contribution is 2.29. The average Bonchev–Trinajstić information content (AvgIpc) is 2.53. The molecule has 2 aromatic carbocycles. The number of hydrogen-bond donors (Lipinski definition) is 1. The summed E-state index contributed by atoms with van der Waals surface area (Å²) in [5.41, 5.74) is -0.455. The van der Waals surface area contributed by atoms with Crippen LogP contribution in [0.1, 0.15) is 21.5 Å². The van der Waals surface area contributed by atoms with Gasteiger partial charge >= 0.3 is 12.8 Å². The fourth-order valence-electron chi connectivity index (χ4n) is 1.91. The Morgan fingerprint density at radius 3 is 2.33 bits per heavy atom. The van der Waals surface area contributed by atoms with Gasteiger partial charge in [0.05, 0.1) is 5.56 Å². The number of nitrogens with one attached hydrogen (secondary N) is 1. The number of ether oxygens (including phenoxy) is 1. The van der Waals surface area contributed by atoms with Gasteiger partial charge in [0, 0.05) is 12.1 Å². The van der Waals surface area contributed by atoms with E-state index in [1.807, 2.05) is 0 Å². The van der Waals surface area contributed by atoms with Gasteiger partial charge in [-0.1, -0.05) is 18.2 Å². The lowest BCUT2D eigenvalue weighted by atomic mass is 10.1. The molecule has 0 aliphatic heterocycles. The molecule has 0 aromatic heterocycles. The Hall–Kier alpha value is -2.64. The van der Waals surface area contributed by atoms with Crippen LogP contribution in [-0.4, -0.2) is 12.5 Å². The van der Waals surface area contributed by atoms with Gasteiger partial charge < -0.3 is 10.1 Å². The van der Waals surface area contributed by atoms with Crippen LogP contribution in [0.4, 0.5) is 22.0 Å². The topological polar surface area (TPSA) is 38.3 Å². The van der Waals surface area contributed by atoms with Gasteiger partial charge in [-0.05, 0) is 35.9 Å². The van der Waals surface area contributed by atoms with E-state index in [2.05, 4.69) is 10.1 Å². The van der Waals surface area contributed by atoms with Crippen molar-refractivity contribution >= 4 is 5.91 Å². The molecule has 1 amide bonds. The van der Waals surface area contributed by atoms with Crippen molar-refractivity contribution in [3.05, 3.63) is 65.2 Å². The highest BCUT2D eigenvalue weighted by Gasteiger charge is 2.30. The van der Waals surface area contributed by atoms with E-state index in [9.17, 15) is 26.7 Å². The van der Waals surface area contributed by atoms with Crippen LogP contribution in [0.3, 0.4) is 0 Å². The van der Waals surface area contributed by atoms with Crippen molar-refractivity contribution in [3.8, 4) is 5.75 Å². The van der Waals surface area contributed by atoms with E-state index in [1.54, 1.807) is 0 Å². The number of halogens is 5. The number of carbonyl (C=O) groups is 1. The van der Waals surface area contributed by atoms with Gasteiger partial charge in [0.15, 0.2) is 0 Å². The molecular formula is C16H12F5NO2. The molecule has 0 heterocycles. The molecule has 128 valence electrons. The standard InChI is InChI=1S/C16H12F5NO2/c17-15(18)24-13-6-4-10(5-7-13)9-22-14(23)11-2-1-3-12(8-11)16(19,20)21/h1-8,15H,9H2,(H,22,23). The van der Waals surface area contributed by atoms with Crippen LogP contribution in [-0.2, 0) is 12.7 Å². The summed E-state index contributed by atoms with van der Waals surface area (Å²) in [6.45, 7) is -2.90. The van der Waals surface area contributed by atoms with Crippen LogP contribution in [0.25, 0.3) is 0 Å². The predicted octanol–water partition coefficient (Wildman–Crippen LogP) is 4.24. The number of alkyl halides is 5. The molecule has 3 nitrogen and oxygen atoms in total. The first-order valence-electron chi connectivity index (χ1n) is 6.75. The lowest BCUT2D eigenvalue weighted by Crippen LogP contribution is -2.23. The van der Waals surface area contributed by atoms with E-state index >= 15 is 0 Å². The molecular weight excluding hydrogens is 333 g/mol. The minimum Gasteiger partial charge on any atom is -0.435 e. The van der Waals surface area contributed by atoms with E-state index in [-0.39, 0.29) is 17.9 Å². The van der Waals surface area contributed by atoms with Gasteiger partial charge in [0.2, 0.25) is 0 Å². The second-order valence-corrected chi connectivity index (χ2v) is 4.78. The third-order valence-electron chi connectivity index (χ3n) is 3.05. The van der Waals surface area contributed by atoms with Crippen LogP contribution in [0.5, 0.6) is 5.75 Å². The largest absolute Gasteiger partial charge is 0.435 e. The van der Waals surface area contributed by atoms with E-state index < -0.39 is 24.3 Å². The van der Waals surface area contributed by atoms with Gasteiger partial charge in [-0.3, -0.25) is 4.79 Å². The summed E-state index contributed by atoms with van der Waals surface area (Å²) in [6.07, 6.45) is -4.53. The Morgan fingerprint density at radius 1 is 1.08 bits per heavy atom. The SMILES string of the molecule is O=C(NCc1ccc(OC(F)F)cc1)c1cccc(C(F)(F)F)c1. The second kappa shape index (κ2) is 7.29. The third kappa shape index (κ3) is 4.94. The zero-order valence-electron chi connectivity index (χ0n) is 12.1. The lowest BCUT2D eigenvalue weighted by Gasteiger charge is -2.10. The Labute approximate surface area is 134 Å². The molecule has 2 rings (SSSR count). The maximum absolute atomic E-state index is 12.6. The van der Waals surface area contributed by atoms with E-state index in [1.165, 1.54) is 30.3 Å². The minimum atomic E-state index is -4.53. The number of amides is 1. The summed E-state index contributed by atoms with van der Waals surface area (Å²) < 4.78 is 66.1. The van der Waals surface area contributed by atoms with Crippen molar-refractivity contribution in [1.82, 2.24) is 5.32 Å². The van der Waals surface area contributed by atoms with Crippen LogP contribution >= 0.6 is 0 Å². The molecule has 0 fully saturated rings. The fourth-order valence-corrected chi connectivity index (χ4v) is 1.91. The number of benzene rings is 2. The zero-order chi connectivity index (χ0) is 17.7. The lowest BCUT2D eigenvalue weighted by molar-refractivity contribution is -0.137. The van der Waals surface area contributed by atoms with Gasteiger partial charge in [-0.25, -0.2) is 0 Å². The van der Waals surface area contributed by atoms with Crippen LogP contribution in [0.15, 0.2) is 48.5 Å². The molecule has 0 aliphatic rings. The molecule has 8 heteroatoms. The molecule has 0 unspecified atom stereocenters. The Bertz CT molecular complexity index is 698. The predicted molar refractivity (Wildman–Crippen MR) is 75.7 cm³/mol. The van der Waals surface area contributed by atoms with Crippen molar-refractivity contribution in [1.29, 1.82) is 0 Å². The normalized spacial score (nSPS) is 11.4. The summed E-state index contributed by atoms with van der Waals surface area (Å²) in [4.78, 5) is 11.9. The monoisotopic (exact) mass is 345 g/mol. The smallest absolute Gasteiger partial charge is 0.416 e. The minimum absolute atomic E-state index is 0.0297. The molecule has 0 radical (unpaired) electrons. The van der Waals surface area contributed by atoms with E-state index in [0.717, 1.165) is 18.2 Å². The maximum atomic E-state index is 12.6. The van der Waals surface area contributed by atoms with Crippen LogP contribution in [0, 0.1) is 0 Å².